The number of hydrogen-bond acceptors (Lipinski definition) is 4. The highest BCUT2D eigenvalue weighted by Gasteiger charge is 2.33. The normalized spacial score (nSPS) is 16.4. The van der Waals surface area contributed by atoms with E-state index in [0.29, 0.717) is 25.4 Å². The molecule has 0 saturated carbocycles. The van der Waals surface area contributed by atoms with E-state index >= 15 is 0 Å². The van der Waals surface area contributed by atoms with Crippen LogP contribution in [0.3, 0.4) is 0 Å². The van der Waals surface area contributed by atoms with Crippen LogP contribution in [0.15, 0.2) is 0 Å². The molecule has 0 aliphatic carbocycles. The van der Waals surface area contributed by atoms with E-state index in [9.17, 15) is 9.59 Å². The Balaban J connectivity index is 2.18. The molecule has 2 amide bonds. The molecule has 0 aromatic carbocycles. The Morgan fingerprint density at radius 3 is 2.47 bits per heavy atom. The highest BCUT2D eigenvalue weighted by molar-refractivity contribution is 5.75. The van der Waals surface area contributed by atoms with Crippen molar-refractivity contribution in [3.05, 3.63) is 0 Å². The van der Waals surface area contributed by atoms with Crippen molar-refractivity contribution in [2.24, 2.45) is 11.8 Å². The minimum Gasteiger partial charge on any atom is -0.444 e. The van der Waals surface area contributed by atoms with Crippen molar-refractivity contribution in [1.29, 1.82) is 0 Å². The maximum atomic E-state index is 11.6. The lowest BCUT2D eigenvalue weighted by atomic mass is 9.95. The number of carbonyl (C=O) groups is 2. The van der Waals surface area contributed by atoms with E-state index in [4.69, 9.17) is 10.6 Å². The third-order valence-electron chi connectivity index (χ3n) is 2.55. The Labute approximate surface area is 101 Å². The van der Waals surface area contributed by atoms with Gasteiger partial charge >= 0.3 is 6.09 Å². The number of likely N-dealkylation sites (tertiary alicyclic amines) is 1. The first-order valence-electron chi connectivity index (χ1n) is 5.79. The zero-order chi connectivity index (χ0) is 13.1. The summed E-state index contributed by atoms with van der Waals surface area (Å²) in [6.07, 6.45) is 0.878. The van der Waals surface area contributed by atoms with Crippen LogP contribution in [0.5, 0.6) is 0 Å². The van der Waals surface area contributed by atoms with Gasteiger partial charge in [-0.05, 0) is 33.1 Å². The Morgan fingerprint density at radius 2 is 2.00 bits per heavy atom. The molecule has 1 saturated heterocycles. The summed E-state index contributed by atoms with van der Waals surface area (Å²) in [6, 6.07) is 0. The van der Waals surface area contributed by atoms with Gasteiger partial charge in [0.15, 0.2) is 0 Å². The molecule has 0 spiro atoms. The molecule has 17 heavy (non-hydrogen) atoms. The minimum absolute atomic E-state index is 0.166. The number of ether oxygens (including phenoxy) is 1. The number of rotatable bonds is 3. The summed E-state index contributed by atoms with van der Waals surface area (Å²) in [7, 11) is 0. The van der Waals surface area contributed by atoms with Crippen LogP contribution in [0.25, 0.3) is 0 Å². The fourth-order valence-electron chi connectivity index (χ4n) is 1.64. The lowest BCUT2D eigenvalue weighted by Gasteiger charge is -2.39. The van der Waals surface area contributed by atoms with E-state index in [1.54, 1.807) is 4.90 Å². The van der Waals surface area contributed by atoms with Crippen molar-refractivity contribution < 1.29 is 14.3 Å². The van der Waals surface area contributed by atoms with Crippen molar-refractivity contribution in [2.45, 2.75) is 39.2 Å². The predicted molar refractivity (Wildman–Crippen MR) is 62.9 cm³/mol. The molecule has 6 heteroatoms. The van der Waals surface area contributed by atoms with Crippen LogP contribution in [0, 0.1) is 5.92 Å². The molecule has 3 N–H and O–H groups in total. The summed E-state index contributed by atoms with van der Waals surface area (Å²) < 4.78 is 5.22. The molecule has 0 aromatic rings. The zero-order valence-corrected chi connectivity index (χ0v) is 10.7. The standard InChI is InChI=1S/C11H21N3O3/c1-11(2,3)17-10(16)14-6-8(7-14)4-5-9(15)13-12/h8H,4-7,12H2,1-3H3,(H,13,15). The monoisotopic (exact) mass is 243 g/mol. The Morgan fingerprint density at radius 1 is 1.41 bits per heavy atom. The second kappa shape index (κ2) is 5.35. The highest BCUT2D eigenvalue weighted by Crippen LogP contribution is 2.22. The largest absolute Gasteiger partial charge is 0.444 e. The number of hydrazine groups is 1. The van der Waals surface area contributed by atoms with Crippen LogP contribution in [-0.2, 0) is 9.53 Å². The van der Waals surface area contributed by atoms with Gasteiger partial charge in [-0.3, -0.25) is 10.2 Å². The van der Waals surface area contributed by atoms with Gasteiger partial charge in [0.1, 0.15) is 5.60 Å². The molecular weight excluding hydrogens is 222 g/mol. The van der Waals surface area contributed by atoms with Crippen molar-refractivity contribution in [1.82, 2.24) is 10.3 Å². The van der Waals surface area contributed by atoms with Gasteiger partial charge in [0.05, 0.1) is 0 Å². The first kappa shape index (κ1) is 13.8. The summed E-state index contributed by atoms with van der Waals surface area (Å²) in [6.45, 7) is 6.84. The van der Waals surface area contributed by atoms with E-state index in [1.807, 2.05) is 20.8 Å². The molecule has 1 heterocycles. The molecule has 0 unspecified atom stereocenters. The van der Waals surface area contributed by atoms with Crippen LogP contribution in [0.1, 0.15) is 33.6 Å². The molecule has 1 rings (SSSR count). The topological polar surface area (TPSA) is 84.7 Å². The molecular formula is C11H21N3O3. The van der Waals surface area contributed by atoms with E-state index in [2.05, 4.69) is 5.43 Å². The highest BCUT2D eigenvalue weighted by atomic mass is 16.6. The van der Waals surface area contributed by atoms with Gasteiger partial charge in [0, 0.05) is 19.5 Å². The smallest absolute Gasteiger partial charge is 0.410 e. The average molecular weight is 243 g/mol. The van der Waals surface area contributed by atoms with Crippen molar-refractivity contribution >= 4 is 12.0 Å². The lowest BCUT2D eigenvalue weighted by Crippen LogP contribution is -2.51. The molecule has 6 nitrogen and oxygen atoms in total. The number of nitrogens with one attached hydrogen (secondary N) is 1. The van der Waals surface area contributed by atoms with Crippen LogP contribution in [-0.4, -0.2) is 35.6 Å². The summed E-state index contributed by atoms with van der Waals surface area (Å²) in [4.78, 5) is 24.2. The molecule has 0 atom stereocenters. The zero-order valence-electron chi connectivity index (χ0n) is 10.7. The van der Waals surface area contributed by atoms with E-state index in [0.717, 1.165) is 6.42 Å². The fourth-order valence-corrected chi connectivity index (χ4v) is 1.64. The summed E-state index contributed by atoms with van der Waals surface area (Å²) in [5, 5.41) is 0. The van der Waals surface area contributed by atoms with Gasteiger partial charge in [0.2, 0.25) is 5.91 Å². The Kier molecular flexibility index (Phi) is 4.34. The Bertz CT molecular complexity index is 293. The van der Waals surface area contributed by atoms with E-state index < -0.39 is 5.60 Å². The number of nitrogens with zero attached hydrogens (tertiary/aromatic N) is 1. The second-order valence-electron chi connectivity index (χ2n) is 5.36. The van der Waals surface area contributed by atoms with Gasteiger partial charge in [-0.25, -0.2) is 10.6 Å². The maximum Gasteiger partial charge on any atom is 0.410 e. The lowest BCUT2D eigenvalue weighted by molar-refractivity contribution is -0.121. The van der Waals surface area contributed by atoms with Crippen molar-refractivity contribution in [3.8, 4) is 0 Å². The Hall–Kier alpha value is -1.30. The maximum absolute atomic E-state index is 11.6. The molecule has 0 bridgehead atoms. The van der Waals surface area contributed by atoms with Crippen LogP contribution < -0.4 is 11.3 Å². The van der Waals surface area contributed by atoms with Gasteiger partial charge in [-0.2, -0.15) is 0 Å². The first-order valence-corrected chi connectivity index (χ1v) is 5.79. The average Bonchev–Trinajstić information content (AvgIpc) is 2.11. The van der Waals surface area contributed by atoms with Gasteiger partial charge in [0.25, 0.3) is 0 Å². The number of nitrogens with two attached hydrogens (primary N) is 1. The number of carbonyl (C=O) groups excluding carboxylic acids is 2. The van der Waals surface area contributed by atoms with E-state index in [-0.39, 0.29) is 12.0 Å². The number of amides is 2. The first-order chi connectivity index (χ1) is 7.81. The summed E-state index contributed by atoms with van der Waals surface area (Å²) in [5.41, 5.74) is 1.63. The molecule has 1 aliphatic rings. The van der Waals surface area contributed by atoms with Crippen molar-refractivity contribution in [2.75, 3.05) is 13.1 Å². The quantitative estimate of drug-likeness (QED) is 0.432. The molecule has 0 radical (unpaired) electrons. The third kappa shape index (κ3) is 4.60. The molecule has 1 fully saturated rings. The minimum atomic E-state index is -0.457. The van der Waals surface area contributed by atoms with Gasteiger partial charge in [-0.15, -0.1) is 0 Å². The number of hydrogen-bond donors (Lipinski definition) is 2. The van der Waals surface area contributed by atoms with Gasteiger partial charge in [-0.1, -0.05) is 0 Å². The van der Waals surface area contributed by atoms with Crippen molar-refractivity contribution in [3.63, 3.8) is 0 Å². The molecule has 0 aromatic heterocycles. The SMILES string of the molecule is CC(C)(C)OC(=O)N1CC(CCC(=O)NN)C1. The summed E-state index contributed by atoms with van der Waals surface area (Å²) >= 11 is 0. The van der Waals surface area contributed by atoms with Crippen LogP contribution >= 0.6 is 0 Å². The summed E-state index contributed by atoms with van der Waals surface area (Å²) in [5.74, 6) is 5.19. The molecule has 1 aliphatic heterocycles. The fraction of sp³-hybridized carbons (Fsp3) is 0.818. The van der Waals surface area contributed by atoms with Gasteiger partial charge < -0.3 is 9.64 Å². The molecule has 98 valence electrons. The second-order valence-corrected chi connectivity index (χ2v) is 5.36. The van der Waals surface area contributed by atoms with Crippen LogP contribution in [0.2, 0.25) is 0 Å². The van der Waals surface area contributed by atoms with Crippen LogP contribution in [0.4, 0.5) is 4.79 Å². The van der Waals surface area contributed by atoms with E-state index in [1.165, 1.54) is 0 Å². The predicted octanol–water partition coefficient (Wildman–Crippen LogP) is 0.623. The third-order valence-corrected chi connectivity index (χ3v) is 2.55.